The molecule has 0 saturated heterocycles. The molecule has 1 nitrogen and oxygen atoms in total. The van der Waals surface area contributed by atoms with Gasteiger partial charge < -0.3 is 4.52 Å². The largest absolute Gasteiger partial charge is 0.359 e. The molecule has 0 rings (SSSR count). The van der Waals surface area contributed by atoms with E-state index in [9.17, 15) is 0 Å². The zero-order valence-corrected chi connectivity index (χ0v) is 10.7. The average Bonchev–Trinajstić information content (AvgIpc) is 1.78. The van der Waals surface area contributed by atoms with Crippen LogP contribution in [0.4, 0.5) is 0 Å². The van der Waals surface area contributed by atoms with Gasteiger partial charge in [0.25, 0.3) is 0 Å². The van der Waals surface area contributed by atoms with Crippen LogP contribution in [0.25, 0.3) is 0 Å². The lowest BCUT2D eigenvalue weighted by Gasteiger charge is -2.33. The van der Waals surface area contributed by atoms with Crippen molar-refractivity contribution in [1.29, 1.82) is 0 Å². The Morgan fingerprint density at radius 2 is 1.62 bits per heavy atom. The molecule has 0 aliphatic rings. The first kappa shape index (κ1) is 13.5. The molecule has 0 N–H and O–H groups in total. The Labute approximate surface area is 85.9 Å². The zero-order valence-electron chi connectivity index (χ0n) is 9.85. The van der Waals surface area contributed by atoms with Gasteiger partial charge in [-0.2, -0.15) is 0 Å². The quantitative estimate of drug-likeness (QED) is 0.487. The predicted molar refractivity (Wildman–Crippen MR) is 62.9 cm³/mol. The van der Waals surface area contributed by atoms with Crippen molar-refractivity contribution in [1.82, 2.24) is 0 Å². The van der Waals surface area contributed by atoms with Crippen molar-refractivity contribution in [3.63, 3.8) is 0 Å². The van der Waals surface area contributed by atoms with Crippen molar-refractivity contribution in [2.45, 2.75) is 39.4 Å². The van der Waals surface area contributed by atoms with Gasteiger partial charge in [-0.25, -0.2) is 0 Å². The highest BCUT2D eigenvalue weighted by Crippen LogP contribution is 2.39. The second kappa shape index (κ2) is 4.80. The fourth-order valence-corrected chi connectivity index (χ4v) is 2.20. The van der Waals surface area contributed by atoms with Gasteiger partial charge in [-0.15, -0.1) is 0 Å². The van der Waals surface area contributed by atoms with Crippen LogP contribution >= 0.6 is 8.15 Å². The van der Waals surface area contributed by atoms with E-state index in [-0.39, 0.29) is 18.9 Å². The van der Waals surface area contributed by atoms with E-state index in [2.05, 4.69) is 41.0 Å². The Hall–Kier alpha value is 0.455. The molecular formula is C10H22BOP. The van der Waals surface area contributed by atoms with E-state index < -0.39 is 0 Å². The van der Waals surface area contributed by atoms with E-state index in [0.29, 0.717) is 0 Å². The lowest BCUT2D eigenvalue weighted by atomic mass is 9.64. The summed E-state index contributed by atoms with van der Waals surface area (Å²) >= 11 is 0. The molecule has 0 fully saturated rings. The van der Waals surface area contributed by atoms with Crippen LogP contribution in [0.3, 0.4) is 0 Å². The van der Waals surface area contributed by atoms with Crippen LogP contribution in [0, 0.1) is 5.41 Å². The minimum absolute atomic E-state index is 0.100. The first-order valence-corrected chi connectivity index (χ1v) is 6.87. The summed E-state index contributed by atoms with van der Waals surface area (Å²) in [5, 5.41) is -0.100. The van der Waals surface area contributed by atoms with Crippen LogP contribution in [-0.2, 0) is 4.52 Å². The van der Waals surface area contributed by atoms with Gasteiger partial charge in [-0.1, -0.05) is 33.0 Å². The molecule has 0 aromatic carbocycles. The molecule has 0 atom stereocenters. The maximum Gasteiger partial charge on any atom is 0.0739 e. The van der Waals surface area contributed by atoms with Gasteiger partial charge in [0.15, 0.2) is 0 Å². The summed E-state index contributed by atoms with van der Waals surface area (Å²) in [6.45, 7) is 13.6. The van der Waals surface area contributed by atoms with Gasteiger partial charge in [0, 0.05) is 8.15 Å². The van der Waals surface area contributed by atoms with Crippen molar-refractivity contribution in [3.05, 3.63) is 0 Å². The van der Waals surface area contributed by atoms with Crippen LogP contribution in [0.2, 0.25) is 5.31 Å². The van der Waals surface area contributed by atoms with E-state index in [0.717, 1.165) is 13.0 Å². The Bertz CT molecular complexity index is 149. The Balaban J connectivity index is 3.94. The summed E-state index contributed by atoms with van der Waals surface area (Å²) in [6.07, 6.45) is 0.989. The van der Waals surface area contributed by atoms with Gasteiger partial charge in [-0.3, -0.25) is 0 Å². The fourth-order valence-electron chi connectivity index (χ4n) is 1.59. The molecule has 0 amide bonds. The van der Waals surface area contributed by atoms with E-state index in [1.165, 1.54) is 0 Å². The topological polar surface area (TPSA) is 9.23 Å². The van der Waals surface area contributed by atoms with E-state index in [1.807, 2.05) is 0 Å². The molecule has 0 unspecified atom stereocenters. The van der Waals surface area contributed by atoms with Crippen LogP contribution in [0.1, 0.15) is 34.1 Å². The second-order valence-corrected chi connectivity index (χ2v) is 7.30. The molecule has 0 aliphatic carbocycles. The highest BCUT2D eigenvalue weighted by Gasteiger charge is 2.25. The van der Waals surface area contributed by atoms with Crippen molar-refractivity contribution in [2.24, 2.45) is 5.41 Å². The van der Waals surface area contributed by atoms with Gasteiger partial charge in [0.2, 0.25) is 0 Å². The molecule has 0 aromatic heterocycles. The Morgan fingerprint density at radius 3 is 1.92 bits per heavy atom. The summed E-state index contributed by atoms with van der Waals surface area (Å²) in [7, 11) is 5.73. The number of rotatable bonds is 5. The molecular weight excluding hydrogens is 178 g/mol. The third-order valence-electron chi connectivity index (χ3n) is 1.65. The molecule has 0 aromatic rings. The first-order valence-electron chi connectivity index (χ1n) is 4.72. The van der Waals surface area contributed by atoms with E-state index in [4.69, 9.17) is 12.4 Å². The summed E-state index contributed by atoms with van der Waals surface area (Å²) < 4.78 is 5.66. The molecule has 13 heavy (non-hydrogen) atoms. The number of hydrogen-bond acceptors (Lipinski definition) is 1. The minimum atomic E-state index is -0.247. The normalized spacial score (nSPS) is 13.8. The third-order valence-corrected chi connectivity index (χ3v) is 2.29. The van der Waals surface area contributed by atoms with E-state index >= 15 is 0 Å². The molecule has 2 radical (unpaired) electrons. The van der Waals surface area contributed by atoms with E-state index in [1.54, 1.807) is 0 Å². The molecule has 0 aliphatic heterocycles. The summed E-state index contributed by atoms with van der Waals surface area (Å²) in [5.74, 6) is 0. The lowest BCUT2D eigenvalue weighted by molar-refractivity contribution is 0.171. The monoisotopic (exact) mass is 200 g/mol. The smallest absolute Gasteiger partial charge is 0.0739 e. The molecule has 3 heteroatoms. The van der Waals surface area contributed by atoms with Crippen LogP contribution in [0.5, 0.6) is 0 Å². The van der Waals surface area contributed by atoms with Crippen molar-refractivity contribution < 1.29 is 4.52 Å². The Kier molecular flexibility index (Phi) is 4.97. The van der Waals surface area contributed by atoms with Crippen molar-refractivity contribution in [3.8, 4) is 0 Å². The highest BCUT2D eigenvalue weighted by atomic mass is 31.1. The van der Waals surface area contributed by atoms with Crippen molar-refractivity contribution in [2.75, 3.05) is 19.9 Å². The predicted octanol–water partition coefficient (Wildman–Crippen LogP) is 3.44. The minimum Gasteiger partial charge on any atom is -0.359 e. The van der Waals surface area contributed by atoms with Gasteiger partial charge >= 0.3 is 0 Å². The van der Waals surface area contributed by atoms with Crippen LogP contribution in [-0.4, -0.2) is 27.8 Å². The summed E-state index contributed by atoms with van der Waals surface area (Å²) in [6, 6.07) is 0. The van der Waals surface area contributed by atoms with Crippen molar-refractivity contribution >= 4 is 16.0 Å². The van der Waals surface area contributed by atoms with Gasteiger partial charge in [-0.05, 0) is 25.2 Å². The average molecular weight is 200 g/mol. The summed E-state index contributed by atoms with van der Waals surface area (Å²) in [4.78, 5) is 0. The molecule has 0 bridgehead atoms. The Morgan fingerprint density at radius 1 is 1.15 bits per heavy atom. The zero-order chi connectivity index (χ0) is 10.7. The highest BCUT2D eigenvalue weighted by molar-refractivity contribution is 7.50. The maximum absolute atomic E-state index is 5.98. The molecule has 0 saturated carbocycles. The second-order valence-electron chi connectivity index (χ2n) is 5.42. The van der Waals surface area contributed by atoms with Gasteiger partial charge in [0.05, 0.1) is 14.5 Å². The maximum atomic E-state index is 5.98. The SMILES string of the molecule is [B]C(C)(C)CC(C)(C)COP(C)C. The number of hydrogen-bond donors (Lipinski definition) is 0. The molecule has 0 spiro atoms. The lowest BCUT2D eigenvalue weighted by Crippen LogP contribution is -2.23. The first-order chi connectivity index (χ1) is 5.62. The molecule has 76 valence electrons. The molecule has 0 heterocycles. The van der Waals surface area contributed by atoms with Crippen LogP contribution in [0.15, 0.2) is 0 Å². The summed E-state index contributed by atoms with van der Waals surface area (Å²) in [5.41, 5.74) is 0.185. The standard InChI is InChI=1S/C10H22BOP/c1-9(2,7-10(3,4)11)8-12-13(5)6/h7-8H2,1-6H3. The van der Waals surface area contributed by atoms with Crippen LogP contribution < -0.4 is 0 Å². The van der Waals surface area contributed by atoms with Gasteiger partial charge in [0.1, 0.15) is 0 Å². The fraction of sp³-hybridized carbons (Fsp3) is 1.00. The third kappa shape index (κ3) is 8.78.